The standard InChI is InChI=1S/C23H37N3O4/c1-8-26(15-21(28)25-22(29)30-9-2)14-20(27)24-11-10-19-16(3)12-18(13-17(19)4)23(5,6)7/h12-13H,8-11,14-15H2,1-7H3,(H,24,27)(H,25,28,29)/p+1. The van der Waals surface area contributed by atoms with Gasteiger partial charge < -0.3 is 15.0 Å². The molecule has 1 unspecified atom stereocenters. The summed E-state index contributed by atoms with van der Waals surface area (Å²) in [5.74, 6) is -0.569. The summed E-state index contributed by atoms with van der Waals surface area (Å²) in [6.07, 6.45) is 0.00385. The highest BCUT2D eigenvalue weighted by Crippen LogP contribution is 2.26. The van der Waals surface area contributed by atoms with Gasteiger partial charge in [-0.2, -0.15) is 0 Å². The molecule has 7 nitrogen and oxygen atoms in total. The monoisotopic (exact) mass is 420 g/mol. The summed E-state index contributed by atoms with van der Waals surface area (Å²) < 4.78 is 4.69. The van der Waals surface area contributed by atoms with Crippen molar-refractivity contribution >= 4 is 17.9 Å². The molecule has 0 aliphatic heterocycles. The molecule has 0 saturated carbocycles. The van der Waals surface area contributed by atoms with Gasteiger partial charge in [0.15, 0.2) is 13.1 Å². The van der Waals surface area contributed by atoms with E-state index in [1.54, 1.807) is 6.92 Å². The Hall–Kier alpha value is -2.41. The van der Waals surface area contributed by atoms with Gasteiger partial charge in [0.25, 0.3) is 11.8 Å². The van der Waals surface area contributed by atoms with E-state index in [2.05, 4.69) is 62.1 Å². The van der Waals surface area contributed by atoms with Gasteiger partial charge in [-0.3, -0.25) is 14.9 Å². The fraction of sp³-hybridized carbons (Fsp3) is 0.609. The van der Waals surface area contributed by atoms with E-state index in [-0.39, 0.29) is 31.0 Å². The third kappa shape index (κ3) is 8.53. The van der Waals surface area contributed by atoms with E-state index in [1.807, 2.05) is 6.92 Å². The molecule has 1 rings (SSSR count). The number of carbonyl (C=O) groups is 3. The summed E-state index contributed by atoms with van der Waals surface area (Å²) in [4.78, 5) is 36.3. The van der Waals surface area contributed by atoms with Crippen LogP contribution in [0.1, 0.15) is 56.9 Å². The van der Waals surface area contributed by atoms with E-state index in [0.29, 0.717) is 13.1 Å². The van der Waals surface area contributed by atoms with Gasteiger partial charge in [-0.05, 0) is 61.8 Å². The van der Waals surface area contributed by atoms with E-state index in [1.165, 1.54) is 22.3 Å². The molecule has 0 spiro atoms. The predicted octanol–water partition coefficient (Wildman–Crippen LogP) is 1.44. The Labute approximate surface area is 180 Å². The maximum Gasteiger partial charge on any atom is 0.414 e. The number of carbonyl (C=O) groups excluding carboxylic acids is 3. The fourth-order valence-corrected chi connectivity index (χ4v) is 3.30. The first kappa shape index (κ1) is 25.6. The van der Waals surface area contributed by atoms with Crippen LogP contribution in [-0.2, 0) is 26.2 Å². The van der Waals surface area contributed by atoms with E-state index in [4.69, 9.17) is 0 Å². The van der Waals surface area contributed by atoms with Gasteiger partial charge in [0.1, 0.15) is 0 Å². The quantitative estimate of drug-likeness (QED) is 0.564. The lowest BCUT2D eigenvalue weighted by atomic mass is 9.83. The number of ether oxygens (including phenoxy) is 1. The zero-order valence-electron chi connectivity index (χ0n) is 19.5. The molecule has 7 heteroatoms. The predicted molar refractivity (Wildman–Crippen MR) is 118 cm³/mol. The van der Waals surface area contributed by atoms with Crippen molar-refractivity contribution in [1.29, 1.82) is 0 Å². The van der Waals surface area contributed by atoms with Crippen LogP contribution in [0.3, 0.4) is 0 Å². The molecular weight excluding hydrogens is 382 g/mol. The van der Waals surface area contributed by atoms with Crippen molar-refractivity contribution < 1.29 is 24.0 Å². The zero-order chi connectivity index (χ0) is 22.9. The zero-order valence-corrected chi connectivity index (χ0v) is 19.5. The van der Waals surface area contributed by atoms with Crippen molar-refractivity contribution in [2.45, 2.75) is 60.3 Å². The average molecular weight is 421 g/mol. The topological polar surface area (TPSA) is 88.9 Å². The van der Waals surface area contributed by atoms with Crippen LogP contribution in [0.2, 0.25) is 0 Å². The molecule has 0 radical (unpaired) electrons. The van der Waals surface area contributed by atoms with Crippen molar-refractivity contribution in [2.24, 2.45) is 0 Å². The lowest BCUT2D eigenvalue weighted by Gasteiger charge is -2.22. The number of benzene rings is 1. The number of amides is 3. The van der Waals surface area contributed by atoms with E-state index < -0.39 is 12.0 Å². The van der Waals surface area contributed by atoms with Crippen LogP contribution < -0.4 is 15.5 Å². The summed E-state index contributed by atoms with van der Waals surface area (Å²) in [6.45, 7) is 15.9. The van der Waals surface area contributed by atoms with Crippen LogP contribution >= 0.6 is 0 Å². The molecule has 0 aliphatic carbocycles. The largest absolute Gasteiger partial charge is 0.450 e. The number of hydrogen-bond donors (Lipinski definition) is 3. The molecule has 0 saturated heterocycles. The maximum absolute atomic E-state index is 12.3. The average Bonchev–Trinajstić information content (AvgIpc) is 2.62. The van der Waals surface area contributed by atoms with Crippen LogP contribution in [0.4, 0.5) is 4.79 Å². The normalized spacial score (nSPS) is 12.2. The van der Waals surface area contributed by atoms with Crippen molar-refractivity contribution in [3.05, 3.63) is 34.4 Å². The number of hydrogen-bond acceptors (Lipinski definition) is 4. The van der Waals surface area contributed by atoms with Crippen molar-refractivity contribution in [3.63, 3.8) is 0 Å². The summed E-state index contributed by atoms with van der Waals surface area (Å²) in [6, 6.07) is 4.46. The molecule has 1 aromatic carbocycles. The molecule has 3 amide bonds. The van der Waals surface area contributed by atoms with Crippen molar-refractivity contribution in [1.82, 2.24) is 10.6 Å². The van der Waals surface area contributed by atoms with E-state index >= 15 is 0 Å². The van der Waals surface area contributed by atoms with Gasteiger partial charge >= 0.3 is 6.09 Å². The number of quaternary nitrogens is 1. The molecule has 3 N–H and O–H groups in total. The summed E-state index contributed by atoms with van der Waals surface area (Å²) in [5, 5.41) is 5.10. The molecule has 1 aromatic rings. The minimum atomic E-state index is -0.759. The van der Waals surface area contributed by atoms with Crippen LogP contribution in [0.15, 0.2) is 12.1 Å². The van der Waals surface area contributed by atoms with Crippen LogP contribution in [0, 0.1) is 13.8 Å². The summed E-state index contributed by atoms with van der Waals surface area (Å²) in [7, 11) is 0. The second-order valence-corrected chi connectivity index (χ2v) is 8.66. The summed E-state index contributed by atoms with van der Waals surface area (Å²) >= 11 is 0. The van der Waals surface area contributed by atoms with Gasteiger partial charge in [-0.1, -0.05) is 32.9 Å². The maximum atomic E-state index is 12.3. The van der Waals surface area contributed by atoms with Crippen molar-refractivity contribution in [2.75, 3.05) is 32.8 Å². The lowest BCUT2D eigenvalue weighted by Crippen LogP contribution is -3.14. The van der Waals surface area contributed by atoms with E-state index in [9.17, 15) is 14.4 Å². The number of alkyl carbamates (subject to hydrolysis) is 1. The van der Waals surface area contributed by atoms with Gasteiger partial charge in [0.05, 0.1) is 13.2 Å². The number of nitrogens with one attached hydrogen (secondary N) is 3. The number of likely N-dealkylation sites (N-methyl/N-ethyl adjacent to an activating group) is 1. The fourth-order valence-electron chi connectivity index (χ4n) is 3.30. The Bertz CT molecular complexity index is 730. The van der Waals surface area contributed by atoms with Crippen LogP contribution in [-0.4, -0.2) is 50.7 Å². The first-order valence-corrected chi connectivity index (χ1v) is 10.6. The second-order valence-electron chi connectivity index (χ2n) is 8.66. The number of aryl methyl sites for hydroxylation is 2. The highest BCUT2D eigenvalue weighted by molar-refractivity contribution is 5.92. The first-order valence-electron chi connectivity index (χ1n) is 10.6. The molecule has 0 fully saturated rings. The lowest BCUT2D eigenvalue weighted by molar-refractivity contribution is -0.881. The highest BCUT2D eigenvalue weighted by Gasteiger charge is 2.19. The number of rotatable bonds is 9. The third-order valence-electron chi connectivity index (χ3n) is 5.10. The Balaban J connectivity index is 2.54. The smallest absolute Gasteiger partial charge is 0.414 e. The number of imide groups is 1. The Morgan fingerprint density at radius 1 is 1.00 bits per heavy atom. The van der Waals surface area contributed by atoms with Gasteiger partial charge in [0.2, 0.25) is 0 Å². The van der Waals surface area contributed by atoms with Crippen molar-refractivity contribution in [3.8, 4) is 0 Å². The molecule has 1 atom stereocenters. The van der Waals surface area contributed by atoms with Crippen LogP contribution in [0.25, 0.3) is 0 Å². The van der Waals surface area contributed by atoms with Gasteiger partial charge in [0, 0.05) is 6.54 Å². The molecule has 0 aliphatic rings. The molecule has 0 bridgehead atoms. The minimum absolute atomic E-state index is 0.0369. The SMILES string of the molecule is CCOC(=O)NC(=O)C[NH+](CC)CC(=O)NCCc1c(C)cc(C(C)(C)C)cc1C. The Kier molecular flexibility index (Phi) is 9.99. The first-order chi connectivity index (χ1) is 14.0. The highest BCUT2D eigenvalue weighted by atomic mass is 16.5. The molecular formula is C23H38N3O4+. The van der Waals surface area contributed by atoms with E-state index in [0.717, 1.165) is 11.3 Å². The van der Waals surface area contributed by atoms with Gasteiger partial charge in [-0.25, -0.2) is 4.79 Å². The summed E-state index contributed by atoms with van der Waals surface area (Å²) in [5.41, 5.74) is 5.16. The van der Waals surface area contributed by atoms with Gasteiger partial charge in [-0.15, -0.1) is 0 Å². The second kappa shape index (κ2) is 11.7. The molecule has 30 heavy (non-hydrogen) atoms. The third-order valence-corrected chi connectivity index (χ3v) is 5.10. The molecule has 168 valence electrons. The molecule has 0 aromatic heterocycles. The Morgan fingerprint density at radius 2 is 1.57 bits per heavy atom. The molecule has 0 heterocycles. The van der Waals surface area contributed by atoms with Crippen LogP contribution in [0.5, 0.6) is 0 Å². The minimum Gasteiger partial charge on any atom is -0.450 e. The Morgan fingerprint density at radius 3 is 2.07 bits per heavy atom.